The lowest BCUT2D eigenvalue weighted by Crippen LogP contribution is -2.41. The third kappa shape index (κ3) is 4.49. The molecule has 162 valence electrons. The van der Waals surface area contributed by atoms with Gasteiger partial charge in [0.1, 0.15) is 0 Å². The maximum atomic E-state index is 12.7. The molecule has 1 heterocycles. The van der Waals surface area contributed by atoms with Crippen molar-refractivity contribution < 1.29 is 14.3 Å². The maximum Gasteiger partial charge on any atom is 0.233 e. The molecule has 2 amide bonds. The molecule has 1 saturated heterocycles. The molecule has 0 aromatic carbocycles. The number of aliphatic imine (C=N–C) groups is 1. The van der Waals surface area contributed by atoms with Crippen molar-refractivity contribution in [3.63, 3.8) is 0 Å². The van der Waals surface area contributed by atoms with Crippen molar-refractivity contribution in [3.05, 3.63) is 12.2 Å². The van der Waals surface area contributed by atoms with E-state index in [1.807, 2.05) is 6.92 Å². The maximum absolute atomic E-state index is 12.7. The van der Waals surface area contributed by atoms with Crippen LogP contribution >= 0.6 is 0 Å². The highest BCUT2D eigenvalue weighted by Crippen LogP contribution is 2.52. The number of hydrogen-bond donors (Lipinski definition) is 2. The molecule has 3 aliphatic rings. The molecule has 5 atom stereocenters. The summed E-state index contributed by atoms with van der Waals surface area (Å²) >= 11 is 0. The van der Waals surface area contributed by atoms with E-state index < -0.39 is 0 Å². The molecule has 1 saturated carbocycles. The second-order valence-electron chi connectivity index (χ2n) is 9.42. The van der Waals surface area contributed by atoms with Crippen LogP contribution in [0.5, 0.6) is 0 Å². The van der Waals surface area contributed by atoms with Crippen LogP contribution in [0.25, 0.3) is 0 Å². The Morgan fingerprint density at radius 3 is 2.34 bits per heavy atom. The average Bonchev–Trinajstić information content (AvgIpc) is 3.33. The number of carbonyl (C=O) groups is 2. The van der Waals surface area contributed by atoms with Crippen LogP contribution in [0.1, 0.15) is 40.5 Å². The highest BCUT2D eigenvalue weighted by molar-refractivity contribution is 6.06. The Hall–Kier alpha value is -1.89. The molecule has 0 radical (unpaired) electrons. The number of fused-ring (bicyclic) bond motifs is 5. The van der Waals surface area contributed by atoms with Gasteiger partial charge in [-0.3, -0.25) is 19.5 Å². The van der Waals surface area contributed by atoms with Crippen LogP contribution in [-0.4, -0.2) is 62.1 Å². The fourth-order valence-corrected chi connectivity index (χ4v) is 4.85. The molecule has 3 rings (SSSR count). The Morgan fingerprint density at radius 2 is 1.83 bits per heavy atom. The number of amides is 2. The van der Waals surface area contributed by atoms with E-state index in [0.717, 1.165) is 18.9 Å². The van der Waals surface area contributed by atoms with Crippen LogP contribution in [0, 0.1) is 29.1 Å². The number of allylic oxidation sites excluding steroid dienone is 2. The van der Waals surface area contributed by atoms with Crippen molar-refractivity contribution in [1.29, 1.82) is 0 Å². The normalized spacial score (nSPS) is 29.6. The molecule has 5 unspecified atom stereocenters. The lowest BCUT2D eigenvalue weighted by molar-refractivity contribution is -0.140. The largest absolute Gasteiger partial charge is 0.379 e. The molecule has 7 nitrogen and oxygen atoms in total. The first-order valence-corrected chi connectivity index (χ1v) is 10.9. The van der Waals surface area contributed by atoms with E-state index in [-0.39, 0.29) is 47.0 Å². The lowest BCUT2D eigenvalue weighted by atomic mass is 9.85. The molecule has 29 heavy (non-hydrogen) atoms. The summed E-state index contributed by atoms with van der Waals surface area (Å²) in [4.78, 5) is 31.6. The van der Waals surface area contributed by atoms with E-state index in [1.54, 1.807) is 7.11 Å². The molecule has 2 bridgehead atoms. The van der Waals surface area contributed by atoms with Gasteiger partial charge in [0.05, 0.1) is 24.5 Å². The number of methoxy groups -OCH3 is 1. The summed E-state index contributed by atoms with van der Waals surface area (Å²) in [5, 5.41) is 6.55. The van der Waals surface area contributed by atoms with Crippen molar-refractivity contribution in [3.8, 4) is 0 Å². The predicted molar refractivity (Wildman–Crippen MR) is 113 cm³/mol. The Bertz CT molecular complexity index is 652. The zero-order valence-electron chi connectivity index (χ0n) is 18.4. The van der Waals surface area contributed by atoms with Crippen LogP contribution < -0.4 is 10.6 Å². The molecule has 0 spiro atoms. The highest BCUT2D eigenvalue weighted by atomic mass is 16.5. The topological polar surface area (TPSA) is 83.0 Å². The van der Waals surface area contributed by atoms with Crippen LogP contribution in [0.2, 0.25) is 0 Å². The minimum absolute atomic E-state index is 0.0123. The fraction of sp³-hybridized carbons (Fsp3) is 0.773. The second-order valence-corrected chi connectivity index (χ2v) is 9.42. The third-order valence-corrected chi connectivity index (χ3v) is 6.42. The number of likely N-dealkylation sites (tertiary alicyclic amines) is 1. The summed E-state index contributed by atoms with van der Waals surface area (Å²) in [6, 6.07) is 0. The first kappa shape index (κ1) is 21.8. The van der Waals surface area contributed by atoms with E-state index in [2.05, 4.69) is 48.5 Å². The van der Waals surface area contributed by atoms with Gasteiger partial charge in [-0.1, -0.05) is 32.9 Å². The first-order chi connectivity index (χ1) is 13.8. The molecular formula is C22H36N4O3. The van der Waals surface area contributed by atoms with Gasteiger partial charge in [0.15, 0.2) is 5.96 Å². The predicted octanol–water partition coefficient (Wildman–Crippen LogP) is 1.80. The van der Waals surface area contributed by atoms with E-state index in [4.69, 9.17) is 4.74 Å². The van der Waals surface area contributed by atoms with Crippen LogP contribution in [0.4, 0.5) is 0 Å². The molecular weight excluding hydrogens is 368 g/mol. The summed E-state index contributed by atoms with van der Waals surface area (Å²) in [6.07, 6.45) is 5.97. The second kappa shape index (κ2) is 8.86. The summed E-state index contributed by atoms with van der Waals surface area (Å²) in [5.74, 6) is 1.13. The number of carbonyl (C=O) groups excluding carboxylic acids is 2. The number of nitrogens with zero attached hydrogens (tertiary/aromatic N) is 2. The van der Waals surface area contributed by atoms with E-state index >= 15 is 0 Å². The smallest absolute Gasteiger partial charge is 0.233 e. The van der Waals surface area contributed by atoms with Gasteiger partial charge in [-0.05, 0) is 37.0 Å². The monoisotopic (exact) mass is 404 g/mol. The fourth-order valence-electron chi connectivity index (χ4n) is 4.85. The Morgan fingerprint density at radius 1 is 1.21 bits per heavy atom. The van der Waals surface area contributed by atoms with Crippen molar-refractivity contribution >= 4 is 17.8 Å². The number of ether oxygens (including phenoxy) is 1. The number of guanidine groups is 1. The van der Waals surface area contributed by atoms with Crippen LogP contribution in [-0.2, 0) is 14.3 Å². The average molecular weight is 405 g/mol. The van der Waals surface area contributed by atoms with Crippen LogP contribution in [0.3, 0.4) is 0 Å². The molecule has 0 aromatic heterocycles. The first-order valence-electron chi connectivity index (χ1n) is 10.9. The Balaban J connectivity index is 1.48. The van der Waals surface area contributed by atoms with Gasteiger partial charge in [0, 0.05) is 26.7 Å². The minimum Gasteiger partial charge on any atom is -0.379 e. The van der Waals surface area contributed by atoms with Gasteiger partial charge in [0.2, 0.25) is 11.8 Å². The zero-order chi connectivity index (χ0) is 21.2. The van der Waals surface area contributed by atoms with Gasteiger partial charge >= 0.3 is 0 Å². The molecule has 1 aliphatic heterocycles. The highest BCUT2D eigenvalue weighted by Gasteiger charge is 2.58. The molecule has 7 heteroatoms. The van der Waals surface area contributed by atoms with E-state index in [9.17, 15) is 9.59 Å². The minimum atomic E-state index is -0.104. The van der Waals surface area contributed by atoms with Gasteiger partial charge in [-0.2, -0.15) is 0 Å². The van der Waals surface area contributed by atoms with Gasteiger partial charge in [0.25, 0.3) is 0 Å². The number of imide groups is 1. The summed E-state index contributed by atoms with van der Waals surface area (Å²) in [6.45, 7) is 10.9. The SMILES string of the molecule is CCNC(=NCC(OC)C(C)(C)C)NCCCN1C(=O)C2C3C=CC(C3)C2C1=O. The van der Waals surface area contributed by atoms with Gasteiger partial charge in [-0.25, -0.2) is 0 Å². The Kier molecular flexibility index (Phi) is 6.66. The number of nitrogens with one attached hydrogen (secondary N) is 2. The Labute approximate surface area is 174 Å². The van der Waals surface area contributed by atoms with E-state index in [1.165, 1.54) is 4.90 Å². The number of rotatable bonds is 8. The quantitative estimate of drug-likeness (QED) is 0.212. The molecule has 2 fully saturated rings. The zero-order valence-corrected chi connectivity index (χ0v) is 18.4. The van der Waals surface area contributed by atoms with Crippen molar-refractivity contribution in [2.75, 3.05) is 33.3 Å². The van der Waals surface area contributed by atoms with Crippen molar-refractivity contribution in [2.24, 2.45) is 34.1 Å². The summed E-state index contributed by atoms with van der Waals surface area (Å²) < 4.78 is 5.57. The van der Waals surface area contributed by atoms with E-state index in [0.29, 0.717) is 26.1 Å². The number of hydrogen-bond acceptors (Lipinski definition) is 4. The molecule has 2 aliphatic carbocycles. The molecule has 2 N–H and O–H groups in total. The lowest BCUT2D eigenvalue weighted by Gasteiger charge is -2.28. The summed E-state index contributed by atoms with van der Waals surface area (Å²) in [5.41, 5.74) is 0.0123. The molecule has 0 aromatic rings. The third-order valence-electron chi connectivity index (χ3n) is 6.42. The van der Waals surface area contributed by atoms with Crippen molar-refractivity contribution in [1.82, 2.24) is 15.5 Å². The summed E-state index contributed by atoms with van der Waals surface area (Å²) in [7, 11) is 1.72. The van der Waals surface area contributed by atoms with Gasteiger partial charge in [-0.15, -0.1) is 0 Å². The van der Waals surface area contributed by atoms with Crippen molar-refractivity contribution in [2.45, 2.75) is 46.6 Å². The van der Waals surface area contributed by atoms with Crippen LogP contribution in [0.15, 0.2) is 17.1 Å². The van der Waals surface area contributed by atoms with Gasteiger partial charge < -0.3 is 15.4 Å². The standard InChI is InChI=1S/C22H36N4O3/c1-6-23-21(25-13-16(29-5)22(2,3)4)24-10-7-11-26-19(27)17-14-8-9-15(12-14)18(17)20(26)28/h8-9,14-18H,6-7,10-13H2,1-5H3,(H2,23,24,25).